The van der Waals surface area contributed by atoms with Crippen molar-refractivity contribution in [1.82, 2.24) is 14.9 Å². The molecule has 2 aromatic carbocycles. The van der Waals surface area contributed by atoms with E-state index >= 15 is 4.39 Å². The number of benzene rings is 2. The number of halogens is 4. The fourth-order valence-electron chi connectivity index (χ4n) is 4.32. The highest BCUT2D eigenvalue weighted by Crippen LogP contribution is 2.31. The lowest BCUT2D eigenvalue weighted by Crippen LogP contribution is -2.29. The van der Waals surface area contributed by atoms with Crippen LogP contribution in [0.2, 0.25) is 0 Å². The van der Waals surface area contributed by atoms with Crippen LogP contribution < -0.4 is 4.18 Å². The summed E-state index contributed by atoms with van der Waals surface area (Å²) in [7, 11) is -6.11. The van der Waals surface area contributed by atoms with E-state index in [0.717, 1.165) is 17.7 Å². The van der Waals surface area contributed by atoms with E-state index < -0.39 is 39.2 Å². The fourth-order valence-corrected chi connectivity index (χ4v) is 4.76. The van der Waals surface area contributed by atoms with Crippen LogP contribution in [-0.4, -0.2) is 58.9 Å². The van der Waals surface area contributed by atoms with E-state index in [2.05, 4.69) is 14.2 Å². The number of aryl methyl sites for hydroxylation is 1. The van der Waals surface area contributed by atoms with Crippen molar-refractivity contribution in [3.05, 3.63) is 65.1 Å². The van der Waals surface area contributed by atoms with Gasteiger partial charge in [-0.15, -0.1) is 0 Å². The van der Waals surface area contributed by atoms with E-state index in [1.165, 1.54) is 4.90 Å². The lowest BCUT2D eigenvalue weighted by molar-refractivity contribution is -0.137. The number of carbonyl (C=O) groups is 2. The summed E-state index contributed by atoms with van der Waals surface area (Å²) in [6.07, 6.45) is 0.494. The number of aliphatic carboxylic acids is 1. The van der Waals surface area contributed by atoms with Crippen LogP contribution in [0, 0.1) is 5.82 Å². The van der Waals surface area contributed by atoms with Crippen molar-refractivity contribution in [2.75, 3.05) is 13.1 Å². The Hall–Kier alpha value is -3.81. The molecule has 2 heterocycles. The highest BCUT2D eigenvalue weighted by atomic mass is 32.2. The van der Waals surface area contributed by atoms with E-state index in [-0.39, 0.29) is 53.9 Å². The average Bonchev–Trinajstić information content (AvgIpc) is 3.36. The standard InChI is InChI=1S/C25H23F4N3O6S/c26-18-13-21-20(12-17(18)24(35)32-11-10-16(14-32)15-6-2-1-3-7-15)30-19(8-4-5-9-22(33)34)23(31-21)38-39(36,37)25(27,28)29/h1-3,6-7,12-13,16H,4-5,8-11,14H2,(H,33,34). The van der Waals surface area contributed by atoms with Crippen LogP contribution in [0.15, 0.2) is 42.5 Å². The van der Waals surface area contributed by atoms with Crippen molar-refractivity contribution >= 4 is 33.0 Å². The molecule has 39 heavy (non-hydrogen) atoms. The minimum atomic E-state index is -6.11. The Balaban J connectivity index is 1.65. The van der Waals surface area contributed by atoms with E-state index in [4.69, 9.17) is 5.11 Å². The number of nitrogens with zero attached hydrogens (tertiary/aromatic N) is 3. The highest BCUT2D eigenvalue weighted by molar-refractivity contribution is 7.87. The Morgan fingerprint density at radius 1 is 1.08 bits per heavy atom. The Kier molecular flexibility index (Phi) is 8.04. The molecule has 0 aliphatic carbocycles. The van der Waals surface area contributed by atoms with E-state index in [9.17, 15) is 31.2 Å². The molecule has 14 heteroatoms. The van der Waals surface area contributed by atoms with Gasteiger partial charge in [-0.1, -0.05) is 30.3 Å². The van der Waals surface area contributed by atoms with Crippen molar-refractivity contribution in [2.24, 2.45) is 0 Å². The number of hydrogen-bond acceptors (Lipinski definition) is 7. The first-order chi connectivity index (χ1) is 18.4. The van der Waals surface area contributed by atoms with Gasteiger partial charge in [0.15, 0.2) is 0 Å². The van der Waals surface area contributed by atoms with Crippen LogP contribution in [-0.2, 0) is 21.3 Å². The first-order valence-electron chi connectivity index (χ1n) is 11.9. The summed E-state index contributed by atoms with van der Waals surface area (Å²) >= 11 is 0. The molecule has 0 radical (unpaired) electrons. The van der Waals surface area contributed by atoms with Crippen molar-refractivity contribution in [1.29, 1.82) is 0 Å². The van der Waals surface area contributed by atoms with Crippen LogP contribution >= 0.6 is 0 Å². The number of likely N-dealkylation sites (tertiary alicyclic amines) is 1. The molecular weight excluding hydrogens is 546 g/mol. The van der Waals surface area contributed by atoms with Crippen LogP contribution in [0.4, 0.5) is 17.6 Å². The summed E-state index contributed by atoms with van der Waals surface area (Å²) in [5, 5.41) is 8.80. The van der Waals surface area contributed by atoms with Gasteiger partial charge in [0.1, 0.15) is 11.5 Å². The number of carbonyl (C=O) groups excluding carboxylic acids is 1. The van der Waals surface area contributed by atoms with Gasteiger partial charge in [-0.2, -0.15) is 21.6 Å². The normalized spacial score (nSPS) is 16.0. The molecule has 3 aromatic rings. The molecular formula is C25H23F4N3O6S. The SMILES string of the molecule is O=C(O)CCCCc1nc2cc(C(=O)N3CCC(c4ccccc4)C3)c(F)cc2nc1OS(=O)(=O)C(F)(F)F. The fraction of sp³-hybridized carbons (Fsp3) is 0.360. The van der Waals surface area contributed by atoms with Crippen molar-refractivity contribution in [3.63, 3.8) is 0 Å². The first kappa shape index (κ1) is 28.2. The Morgan fingerprint density at radius 3 is 2.44 bits per heavy atom. The highest BCUT2D eigenvalue weighted by Gasteiger charge is 2.49. The summed E-state index contributed by atoms with van der Waals surface area (Å²) in [4.78, 5) is 33.3. The largest absolute Gasteiger partial charge is 0.534 e. The maximum atomic E-state index is 15.0. The molecule has 1 saturated heterocycles. The molecule has 1 aromatic heterocycles. The molecule has 4 rings (SSSR count). The molecule has 1 aliphatic rings. The maximum absolute atomic E-state index is 15.0. The summed E-state index contributed by atoms with van der Waals surface area (Å²) in [5.41, 5.74) is -5.72. The minimum Gasteiger partial charge on any atom is -0.481 e. The van der Waals surface area contributed by atoms with E-state index in [1.807, 2.05) is 30.3 Å². The number of alkyl halides is 3. The summed E-state index contributed by atoms with van der Waals surface area (Å²) < 4.78 is 81.2. The summed E-state index contributed by atoms with van der Waals surface area (Å²) in [6.45, 7) is 0.751. The van der Waals surface area contributed by atoms with Gasteiger partial charge in [-0.05, 0) is 37.3 Å². The number of carboxylic acid groups (broad SMARTS) is 1. The van der Waals surface area contributed by atoms with Gasteiger partial charge >= 0.3 is 21.6 Å². The average molecular weight is 570 g/mol. The molecule has 0 saturated carbocycles. The smallest absolute Gasteiger partial charge is 0.481 e. The lowest BCUT2D eigenvalue weighted by Gasteiger charge is -2.18. The van der Waals surface area contributed by atoms with Crippen molar-refractivity contribution < 1.29 is 44.9 Å². The molecule has 1 aliphatic heterocycles. The van der Waals surface area contributed by atoms with Crippen molar-refractivity contribution in [3.8, 4) is 5.88 Å². The van der Waals surface area contributed by atoms with Crippen LogP contribution in [0.3, 0.4) is 0 Å². The zero-order valence-corrected chi connectivity index (χ0v) is 21.1. The molecule has 208 valence electrons. The van der Waals surface area contributed by atoms with Crippen LogP contribution in [0.5, 0.6) is 5.88 Å². The van der Waals surface area contributed by atoms with Gasteiger partial charge in [0.25, 0.3) is 11.8 Å². The Labute approximate surface area is 220 Å². The number of hydrogen-bond donors (Lipinski definition) is 1. The van der Waals surface area contributed by atoms with Gasteiger partial charge in [0.2, 0.25) is 0 Å². The number of carboxylic acids is 1. The zero-order chi connectivity index (χ0) is 28.4. The predicted molar refractivity (Wildman–Crippen MR) is 130 cm³/mol. The third kappa shape index (κ3) is 6.44. The van der Waals surface area contributed by atoms with Gasteiger partial charge < -0.3 is 14.2 Å². The maximum Gasteiger partial charge on any atom is 0.534 e. The number of rotatable bonds is 9. The van der Waals surface area contributed by atoms with Gasteiger partial charge in [0, 0.05) is 31.5 Å². The molecule has 0 bridgehead atoms. The number of amides is 1. The molecule has 1 fully saturated rings. The molecule has 1 amide bonds. The topological polar surface area (TPSA) is 127 Å². The van der Waals surface area contributed by atoms with E-state index in [0.29, 0.717) is 19.5 Å². The molecule has 1 N–H and O–H groups in total. The molecule has 1 unspecified atom stereocenters. The van der Waals surface area contributed by atoms with E-state index in [1.54, 1.807) is 0 Å². The second-order valence-electron chi connectivity index (χ2n) is 9.03. The third-order valence-corrected chi connectivity index (χ3v) is 7.24. The third-order valence-electron chi connectivity index (χ3n) is 6.29. The Bertz CT molecular complexity index is 1500. The molecule has 9 nitrogen and oxygen atoms in total. The van der Waals surface area contributed by atoms with Gasteiger partial charge in [0.05, 0.1) is 16.6 Å². The number of fused-ring (bicyclic) bond motifs is 1. The second kappa shape index (κ2) is 11.1. The monoisotopic (exact) mass is 569 g/mol. The number of aromatic nitrogens is 2. The lowest BCUT2D eigenvalue weighted by atomic mass is 9.99. The quantitative estimate of drug-likeness (QED) is 0.174. The van der Waals surface area contributed by atoms with Gasteiger partial charge in [-0.25, -0.2) is 14.4 Å². The minimum absolute atomic E-state index is 0.0662. The first-order valence-corrected chi connectivity index (χ1v) is 13.3. The zero-order valence-electron chi connectivity index (χ0n) is 20.3. The Morgan fingerprint density at radius 2 is 1.77 bits per heavy atom. The van der Waals surface area contributed by atoms with Crippen molar-refractivity contribution in [2.45, 2.75) is 43.5 Å². The van der Waals surface area contributed by atoms with Gasteiger partial charge in [-0.3, -0.25) is 9.59 Å². The second-order valence-corrected chi connectivity index (χ2v) is 10.6. The van der Waals surface area contributed by atoms with Crippen LogP contribution in [0.25, 0.3) is 11.0 Å². The van der Waals surface area contributed by atoms with Crippen LogP contribution in [0.1, 0.15) is 53.2 Å². The molecule has 0 spiro atoms. The summed E-state index contributed by atoms with van der Waals surface area (Å²) in [5.74, 6) is -3.63. The number of unbranched alkanes of at least 4 members (excludes halogenated alkanes) is 1. The predicted octanol–water partition coefficient (Wildman–Crippen LogP) is 4.42. The summed E-state index contributed by atoms with van der Waals surface area (Å²) in [6, 6.07) is 11.4. The molecule has 1 atom stereocenters.